The van der Waals surface area contributed by atoms with Crippen molar-refractivity contribution in [3.05, 3.63) is 23.8 Å². The first-order valence-corrected chi connectivity index (χ1v) is 7.17. The van der Waals surface area contributed by atoms with E-state index in [2.05, 4.69) is 0 Å². The van der Waals surface area contributed by atoms with E-state index in [1.807, 2.05) is 0 Å². The minimum atomic E-state index is -0.687. The van der Waals surface area contributed by atoms with E-state index in [0.29, 0.717) is 43.0 Å². The van der Waals surface area contributed by atoms with Gasteiger partial charge in [0.25, 0.3) is 5.91 Å². The molecule has 1 aromatic rings. The predicted octanol–water partition coefficient (Wildman–Crippen LogP) is 0.621. The molecule has 2 aliphatic heterocycles. The normalized spacial score (nSPS) is 19.6. The standard InChI is InChI=1S/C15H19NO5/c17-8-12(18)10-3-5-16(6-4-10)15(19)11-1-2-13-14(7-11)21-9-20-13/h1-2,7,10,12,17-18H,3-6,8-9H2. The predicted molar refractivity (Wildman–Crippen MR) is 74.3 cm³/mol. The number of hydrogen-bond donors (Lipinski definition) is 2. The summed E-state index contributed by atoms with van der Waals surface area (Å²) in [5.41, 5.74) is 0.584. The van der Waals surface area contributed by atoms with Crippen LogP contribution in [0.4, 0.5) is 0 Å². The van der Waals surface area contributed by atoms with Crippen LogP contribution < -0.4 is 9.47 Å². The summed E-state index contributed by atoms with van der Waals surface area (Å²) in [6, 6.07) is 5.20. The molecule has 2 aliphatic rings. The molecule has 114 valence electrons. The smallest absolute Gasteiger partial charge is 0.253 e. The lowest BCUT2D eigenvalue weighted by Crippen LogP contribution is -2.42. The minimum Gasteiger partial charge on any atom is -0.454 e. The van der Waals surface area contributed by atoms with Gasteiger partial charge in [-0.15, -0.1) is 0 Å². The summed E-state index contributed by atoms with van der Waals surface area (Å²) in [5, 5.41) is 18.6. The molecule has 6 heteroatoms. The number of aliphatic hydroxyl groups is 2. The Kier molecular flexibility index (Phi) is 3.98. The fraction of sp³-hybridized carbons (Fsp3) is 0.533. The highest BCUT2D eigenvalue weighted by atomic mass is 16.7. The van der Waals surface area contributed by atoms with Crippen molar-refractivity contribution in [3.63, 3.8) is 0 Å². The van der Waals surface area contributed by atoms with Gasteiger partial charge >= 0.3 is 0 Å². The van der Waals surface area contributed by atoms with Crippen molar-refractivity contribution in [1.29, 1.82) is 0 Å². The van der Waals surface area contributed by atoms with Crippen LogP contribution in [-0.4, -0.2) is 53.6 Å². The maximum Gasteiger partial charge on any atom is 0.253 e. The number of hydrogen-bond acceptors (Lipinski definition) is 5. The zero-order valence-corrected chi connectivity index (χ0v) is 11.7. The van der Waals surface area contributed by atoms with E-state index in [-0.39, 0.29) is 25.2 Å². The Bertz CT molecular complexity index is 525. The Morgan fingerprint density at radius 2 is 2.00 bits per heavy atom. The van der Waals surface area contributed by atoms with Gasteiger partial charge in [-0.25, -0.2) is 0 Å². The molecule has 1 amide bonds. The molecule has 2 N–H and O–H groups in total. The van der Waals surface area contributed by atoms with Crippen molar-refractivity contribution in [2.45, 2.75) is 18.9 Å². The second kappa shape index (κ2) is 5.91. The Balaban J connectivity index is 1.64. The second-order valence-electron chi connectivity index (χ2n) is 5.45. The topological polar surface area (TPSA) is 79.2 Å². The van der Waals surface area contributed by atoms with Gasteiger partial charge < -0.3 is 24.6 Å². The van der Waals surface area contributed by atoms with Crippen LogP contribution in [0.25, 0.3) is 0 Å². The maximum atomic E-state index is 12.5. The third-order valence-electron chi connectivity index (χ3n) is 4.18. The average Bonchev–Trinajstić information content (AvgIpc) is 3.01. The van der Waals surface area contributed by atoms with Gasteiger partial charge in [-0.05, 0) is 37.0 Å². The summed E-state index contributed by atoms with van der Waals surface area (Å²) in [5.74, 6) is 1.30. The molecular weight excluding hydrogens is 274 g/mol. The number of carbonyl (C=O) groups is 1. The van der Waals surface area contributed by atoms with Gasteiger partial charge in [0, 0.05) is 18.7 Å². The van der Waals surface area contributed by atoms with Gasteiger partial charge in [0.1, 0.15) is 0 Å². The summed E-state index contributed by atoms with van der Waals surface area (Å²) in [4.78, 5) is 14.2. The highest BCUT2D eigenvalue weighted by molar-refractivity contribution is 5.95. The summed E-state index contributed by atoms with van der Waals surface area (Å²) >= 11 is 0. The first-order valence-electron chi connectivity index (χ1n) is 7.17. The van der Waals surface area contributed by atoms with Gasteiger partial charge in [-0.1, -0.05) is 0 Å². The molecule has 0 saturated carbocycles. The fourth-order valence-corrected chi connectivity index (χ4v) is 2.85. The Morgan fingerprint density at radius 3 is 2.71 bits per heavy atom. The van der Waals surface area contributed by atoms with E-state index in [1.165, 1.54) is 0 Å². The molecule has 6 nitrogen and oxygen atoms in total. The zero-order valence-electron chi connectivity index (χ0n) is 11.7. The van der Waals surface area contributed by atoms with Crippen molar-refractivity contribution < 1.29 is 24.5 Å². The summed E-state index contributed by atoms with van der Waals surface area (Å²) < 4.78 is 10.5. The van der Waals surface area contributed by atoms with Crippen molar-refractivity contribution in [3.8, 4) is 11.5 Å². The van der Waals surface area contributed by atoms with Crippen molar-refractivity contribution in [2.75, 3.05) is 26.5 Å². The highest BCUT2D eigenvalue weighted by Gasteiger charge is 2.28. The van der Waals surface area contributed by atoms with Crippen LogP contribution >= 0.6 is 0 Å². The van der Waals surface area contributed by atoms with Gasteiger partial charge in [0.2, 0.25) is 6.79 Å². The molecule has 1 atom stereocenters. The number of piperidine rings is 1. The molecular formula is C15H19NO5. The molecule has 1 aromatic carbocycles. The number of nitrogens with zero attached hydrogens (tertiary/aromatic N) is 1. The van der Waals surface area contributed by atoms with Crippen LogP contribution in [0.15, 0.2) is 18.2 Å². The monoisotopic (exact) mass is 293 g/mol. The fourth-order valence-electron chi connectivity index (χ4n) is 2.85. The van der Waals surface area contributed by atoms with Crippen molar-refractivity contribution in [1.82, 2.24) is 4.90 Å². The Hall–Kier alpha value is -1.79. The van der Waals surface area contributed by atoms with Crippen LogP contribution in [0.3, 0.4) is 0 Å². The first-order chi connectivity index (χ1) is 10.2. The molecule has 0 aliphatic carbocycles. The quantitative estimate of drug-likeness (QED) is 0.854. The van der Waals surface area contributed by atoms with E-state index in [9.17, 15) is 9.90 Å². The van der Waals surface area contributed by atoms with Gasteiger partial charge in [-0.2, -0.15) is 0 Å². The molecule has 0 spiro atoms. The van der Waals surface area contributed by atoms with Crippen LogP contribution in [-0.2, 0) is 0 Å². The molecule has 3 rings (SSSR count). The van der Waals surface area contributed by atoms with Crippen LogP contribution in [0, 0.1) is 5.92 Å². The third kappa shape index (κ3) is 2.82. The molecule has 2 heterocycles. The molecule has 0 radical (unpaired) electrons. The van der Waals surface area contributed by atoms with Crippen LogP contribution in [0.5, 0.6) is 11.5 Å². The van der Waals surface area contributed by atoms with Crippen LogP contribution in [0.2, 0.25) is 0 Å². The average molecular weight is 293 g/mol. The molecule has 1 fully saturated rings. The Morgan fingerprint density at radius 1 is 1.29 bits per heavy atom. The van der Waals surface area contributed by atoms with Gasteiger partial charge in [0.05, 0.1) is 12.7 Å². The number of amides is 1. The van der Waals surface area contributed by atoms with Gasteiger partial charge in [-0.3, -0.25) is 4.79 Å². The lowest BCUT2D eigenvalue weighted by molar-refractivity contribution is 0.0179. The number of likely N-dealkylation sites (tertiary alicyclic amines) is 1. The largest absolute Gasteiger partial charge is 0.454 e. The minimum absolute atomic E-state index is 0.0368. The molecule has 1 unspecified atom stereocenters. The summed E-state index contributed by atoms with van der Waals surface area (Å²) in [6.45, 7) is 1.15. The number of rotatable bonds is 3. The van der Waals surface area contributed by atoms with E-state index in [1.54, 1.807) is 23.1 Å². The lowest BCUT2D eigenvalue weighted by atomic mass is 9.91. The molecule has 1 saturated heterocycles. The molecule has 21 heavy (non-hydrogen) atoms. The number of fused-ring (bicyclic) bond motifs is 1. The number of aliphatic hydroxyl groups excluding tert-OH is 2. The number of benzene rings is 1. The van der Waals surface area contributed by atoms with E-state index in [0.717, 1.165) is 0 Å². The summed E-state index contributed by atoms with van der Waals surface area (Å²) in [6.07, 6.45) is 0.726. The lowest BCUT2D eigenvalue weighted by Gasteiger charge is -2.33. The zero-order chi connectivity index (χ0) is 14.8. The summed E-state index contributed by atoms with van der Waals surface area (Å²) in [7, 11) is 0. The van der Waals surface area contributed by atoms with Crippen LogP contribution in [0.1, 0.15) is 23.2 Å². The highest BCUT2D eigenvalue weighted by Crippen LogP contribution is 2.33. The second-order valence-corrected chi connectivity index (χ2v) is 5.45. The number of carbonyl (C=O) groups excluding carboxylic acids is 1. The maximum absolute atomic E-state index is 12.5. The van der Waals surface area contributed by atoms with E-state index < -0.39 is 6.10 Å². The van der Waals surface area contributed by atoms with Gasteiger partial charge in [0.15, 0.2) is 11.5 Å². The number of ether oxygens (including phenoxy) is 2. The van der Waals surface area contributed by atoms with Crippen molar-refractivity contribution >= 4 is 5.91 Å². The van der Waals surface area contributed by atoms with E-state index >= 15 is 0 Å². The van der Waals surface area contributed by atoms with E-state index in [4.69, 9.17) is 14.6 Å². The first kappa shape index (κ1) is 14.2. The Labute approximate surface area is 122 Å². The van der Waals surface area contributed by atoms with Crippen molar-refractivity contribution in [2.24, 2.45) is 5.92 Å². The SMILES string of the molecule is O=C(c1ccc2c(c1)OCO2)N1CCC(C(O)CO)CC1. The third-order valence-corrected chi connectivity index (χ3v) is 4.18. The molecule has 0 bridgehead atoms. The molecule has 0 aromatic heterocycles.